The number of nitrogens with zero attached hydrogens (tertiary/aromatic N) is 4. The smallest absolute Gasteiger partial charge is 0.255 e. The first-order valence-corrected chi connectivity index (χ1v) is 7.43. The van der Waals surface area contributed by atoms with E-state index >= 15 is 0 Å². The van der Waals surface area contributed by atoms with Gasteiger partial charge >= 0.3 is 0 Å². The molecule has 1 saturated heterocycles. The maximum absolute atomic E-state index is 13.0. The number of carbonyl (C=O) groups is 1. The Labute approximate surface area is 126 Å². The summed E-state index contributed by atoms with van der Waals surface area (Å²) in [6.07, 6.45) is 6.20. The van der Waals surface area contributed by atoms with Gasteiger partial charge in [0.05, 0.1) is 23.3 Å². The first-order valence-electron chi connectivity index (χ1n) is 7.43. The second kappa shape index (κ2) is 5.25. The SMILES string of the molecule is O=C(c1cccc2[nH]ncc12)N1CCCC[C@H]1c1ncn[nH]1. The van der Waals surface area contributed by atoms with Gasteiger partial charge in [-0.1, -0.05) is 6.07 Å². The normalized spacial score (nSPS) is 18.7. The summed E-state index contributed by atoms with van der Waals surface area (Å²) in [6.45, 7) is 0.735. The number of hydrogen-bond acceptors (Lipinski definition) is 4. The molecule has 1 aliphatic rings. The standard InChI is InChI=1S/C15H16N6O/c22-15(10-4-3-5-12-11(10)8-17-19-12)21-7-2-1-6-13(21)14-16-9-18-20-14/h3-5,8-9,13H,1-2,6-7H2,(H,17,19)(H,16,18,20)/t13-/m0/s1. The molecule has 2 N–H and O–H groups in total. The van der Waals surface area contributed by atoms with Crippen molar-refractivity contribution in [2.24, 2.45) is 0 Å². The van der Waals surface area contributed by atoms with Gasteiger partial charge in [-0.15, -0.1) is 0 Å². The van der Waals surface area contributed by atoms with Gasteiger partial charge in [-0.05, 0) is 31.4 Å². The van der Waals surface area contributed by atoms with Crippen LogP contribution in [0.2, 0.25) is 0 Å². The van der Waals surface area contributed by atoms with Gasteiger partial charge in [-0.3, -0.25) is 15.0 Å². The first-order chi connectivity index (χ1) is 10.8. The fraction of sp³-hybridized carbons (Fsp3) is 0.333. The summed E-state index contributed by atoms with van der Waals surface area (Å²) in [6, 6.07) is 5.61. The number of nitrogens with one attached hydrogen (secondary N) is 2. The minimum atomic E-state index is -0.0362. The van der Waals surface area contributed by atoms with Crippen LogP contribution in [0.3, 0.4) is 0 Å². The minimum absolute atomic E-state index is 0.0214. The van der Waals surface area contributed by atoms with Gasteiger partial charge in [0.2, 0.25) is 0 Å². The molecule has 3 aromatic rings. The predicted molar refractivity (Wildman–Crippen MR) is 80.1 cm³/mol. The molecule has 1 atom stereocenters. The second-order valence-electron chi connectivity index (χ2n) is 5.52. The monoisotopic (exact) mass is 296 g/mol. The van der Waals surface area contributed by atoms with Crippen LogP contribution in [0.1, 0.15) is 41.5 Å². The van der Waals surface area contributed by atoms with Crippen molar-refractivity contribution >= 4 is 16.8 Å². The first kappa shape index (κ1) is 13.0. The molecule has 3 heterocycles. The zero-order chi connectivity index (χ0) is 14.9. The van der Waals surface area contributed by atoms with Gasteiger partial charge in [0.15, 0.2) is 0 Å². The molecule has 0 unspecified atom stereocenters. The summed E-state index contributed by atoms with van der Waals surface area (Å²) in [7, 11) is 0. The Balaban J connectivity index is 1.72. The van der Waals surface area contributed by atoms with Crippen LogP contribution in [-0.2, 0) is 0 Å². The summed E-state index contributed by atoms with van der Waals surface area (Å²) in [5.74, 6) is 0.778. The van der Waals surface area contributed by atoms with Crippen LogP contribution in [0.15, 0.2) is 30.7 Å². The zero-order valence-corrected chi connectivity index (χ0v) is 12.0. The molecular formula is C15H16N6O. The Hall–Kier alpha value is -2.70. The molecule has 1 aliphatic heterocycles. The topological polar surface area (TPSA) is 90.6 Å². The molecule has 1 fully saturated rings. The van der Waals surface area contributed by atoms with E-state index < -0.39 is 0 Å². The molecule has 1 amide bonds. The average Bonchev–Trinajstić information content (AvgIpc) is 3.25. The van der Waals surface area contributed by atoms with Crippen LogP contribution < -0.4 is 0 Å². The third kappa shape index (κ3) is 2.05. The van der Waals surface area contributed by atoms with Crippen LogP contribution in [-0.4, -0.2) is 42.7 Å². The van der Waals surface area contributed by atoms with E-state index in [0.717, 1.165) is 42.5 Å². The number of aromatic amines is 2. The largest absolute Gasteiger partial charge is 0.328 e. The highest BCUT2D eigenvalue weighted by atomic mass is 16.2. The van der Waals surface area contributed by atoms with Gasteiger partial charge in [-0.25, -0.2) is 4.98 Å². The number of carbonyl (C=O) groups excluding carboxylic acids is 1. The van der Waals surface area contributed by atoms with Gasteiger partial charge < -0.3 is 4.90 Å². The van der Waals surface area contributed by atoms with E-state index in [0.29, 0.717) is 5.56 Å². The molecule has 7 nitrogen and oxygen atoms in total. The Bertz CT molecular complexity index is 793. The molecular weight excluding hydrogens is 280 g/mol. The summed E-state index contributed by atoms with van der Waals surface area (Å²) >= 11 is 0. The van der Waals surface area contributed by atoms with Gasteiger partial charge in [0.25, 0.3) is 5.91 Å². The van der Waals surface area contributed by atoms with Crippen molar-refractivity contribution in [2.45, 2.75) is 25.3 Å². The van der Waals surface area contributed by atoms with Crippen LogP contribution in [0.25, 0.3) is 10.9 Å². The van der Waals surface area contributed by atoms with Crippen molar-refractivity contribution < 1.29 is 4.79 Å². The number of H-pyrrole nitrogens is 2. The van der Waals surface area contributed by atoms with E-state index in [1.54, 1.807) is 6.20 Å². The van der Waals surface area contributed by atoms with E-state index in [1.807, 2.05) is 23.1 Å². The van der Waals surface area contributed by atoms with E-state index in [4.69, 9.17) is 0 Å². The Morgan fingerprint density at radius 2 is 2.18 bits per heavy atom. The molecule has 0 spiro atoms. The number of hydrogen-bond donors (Lipinski definition) is 2. The van der Waals surface area contributed by atoms with Crippen LogP contribution in [0, 0.1) is 0 Å². The number of piperidine rings is 1. The van der Waals surface area contributed by atoms with Crippen LogP contribution >= 0.6 is 0 Å². The highest BCUT2D eigenvalue weighted by Crippen LogP contribution is 2.31. The summed E-state index contributed by atoms with van der Waals surface area (Å²) in [5, 5.41) is 14.6. The van der Waals surface area contributed by atoms with E-state index in [9.17, 15) is 4.79 Å². The molecule has 0 saturated carbocycles. The number of fused-ring (bicyclic) bond motifs is 1. The molecule has 7 heteroatoms. The molecule has 0 bridgehead atoms. The highest BCUT2D eigenvalue weighted by molar-refractivity contribution is 6.06. The van der Waals surface area contributed by atoms with E-state index in [2.05, 4.69) is 25.4 Å². The maximum Gasteiger partial charge on any atom is 0.255 e. The average molecular weight is 296 g/mol. The molecule has 112 valence electrons. The number of amides is 1. The minimum Gasteiger partial charge on any atom is -0.328 e. The lowest BCUT2D eigenvalue weighted by molar-refractivity contribution is 0.0602. The Morgan fingerprint density at radius 3 is 3.05 bits per heavy atom. The molecule has 2 aromatic heterocycles. The fourth-order valence-electron chi connectivity index (χ4n) is 3.14. The molecule has 4 rings (SSSR count). The van der Waals surface area contributed by atoms with Crippen molar-refractivity contribution in [1.82, 2.24) is 30.3 Å². The van der Waals surface area contributed by atoms with Crippen LogP contribution in [0.4, 0.5) is 0 Å². The Morgan fingerprint density at radius 1 is 1.23 bits per heavy atom. The lowest BCUT2D eigenvalue weighted by Gasteiger charge is -2.34. The molecule has 0 radical (unpaired) electrons. The third-order valence-corrected chi connectivity index (χ3v) is 4.23. The summed E-state index contributed by atoms with van der Waals surface area (Å²) in [5.41, 5.74) is 1.55. The van der Waals surface area contributed by atoms with E-state index in [1.165, 1.54) is 6.33 Å². The van der Waals surface area contributed by atoms with Crippen molar-refractivity contribution in [3.63, 3.8) is 0 Å². The lowest BCUT2D eigenvalue weighted by Crippen LogP contribution is -2.39. The summed E-state index contributed by atoms with van der Waals surface area (Å²) < 4.78 is 0. The van der Waals surface area contributed by atoms with Gasteiger partial charge in [0.1, 0.15) is 12.2 Å². The quantitative estimate of drug-likeness (QED) is 0.757. The van der Waals surface area contributed by atoms with Crippen molar-refractivity contribution in [3.8, 4) is 0 Å². The molecule has 1 aromatic carbocycles. The molecule has 0 aliphatic carbocycles. The maximum atomic E-state index is 13.0. The van der Waals surface area contributed by atoms with Crippen molar-refractivity contribution in [3.05, 3.63) is 42.1 Å². The van der Waals surface area contributed by atoms with Crippen molar-refractivity contribution in [2.75, 3.05) is 6.54 Å². The number of likely N-dealkylation sites (tertiary alicyclic amines) is 1. The number of rotatable bonds is 2. The summed E-state index contributed by atoms with van der Waals surface area (Å²) in [4.78, 5) is 19.2. The Kier molecular flexibility index (Phi) is 3.10. The highest BCUT2D eigenvalue weighted by Gasteiger charge is 2.31. The van der Waals surface area contributed by atoms with Gasteiger partial charge in [-0.2, -0.15) is 10.2 Å². The second-order valence-corrected chi connectivity index (χ2v) is 5.52. The van der Waals surface area contributed by atoms with Gasteiger partial charge in [0, 0.05) is 11.9 Å². The molecule has 22 heavy (non-hydrogen) atoms. The zero-order valence-electron chi connectivity index (χ0n) is 12.0. The number of benzene rings is 1. The fourth-order valence-corrected chi connectivity index (χ4v) is 3.14. The third-order valence-electron chi connectivity index (χ3n) is 4.23. The number of aromatic nitrogens is 5. The van der Waals surface area contributed by atoms with Crippen molar-refractivity contribution in [1.29, 1.82) is 0 Å². The van der Waals surface area contributed by atoms with E-state index in [-0.39, 0.29) is 11.9 Å². The van der Waals surface area contributed by atoms with Crippen LogP contribution in [0.5, 0.6) is 0 Å². The predicted octanol–water partition coefficient (Wildman–Crippen LogP) is 2.05. The lowest BCUT2D eigenvalue weighted by atomic mass is 9.99.